The summed E-state index contributed by atoms with van der Waals surface area (Å²) >= 11 is 0. The molecule has 1 fully saturated rings. The molecule has 0 spiro atoms. The molecule has 1 aliphatic heterocycles. The molecule has 3 atom stereocenters. The van der Waals surface area contributed by atoms with Crippen molar-refractivity contribution in [3.05, 3.63) is 35.9 Å². The van der Waals surface area contributed by atoms with Crippen molar-refractivity contribution < 1.29 is 9.53 Å². The van der Waals surface area contributed by atoms with Gasteiger partial charge in [0.2, 0.25) is 5.91 Å². The number of hydrogen-bond donors (Lipinski definition) is 1. The normalized spacial score (nSPS) is 21.2. The Hall–Kier alpha value is -1.39. The first kappa shape index (κ1) is 16.0. The van der Waals surface area contributed by atoms with E-state index in [-0.39, 0.29) is 24.1 Å². The van der Waals surface area contributed by atoms with Crippen molar-refractivity contribution in [1.82, 2.24) is 10.2 Å². The predicted molar refractivity (Wildman–Crippen MR) is 84.1 cm³/mol. The summed E-state index contributed by atoms with van der Waals surface area (Å²) in [5.74, 6) is 0.0655. The molecule has 2 rings (SSSR count). The average Bonchev–Trinajstić information content (AvgIpc) is 3.04. The summed E-state index contributed by atoms with van der Waals surface area (Å²) in [7, 11) is 1.99. The number of amides is 1. The lowest BCUT2D eigenvalue weighted by Crippen LogP contribution is -2.46. The van der Waals surface area contributed by atoms with Crippen LogP contribution < -0.4 is 5.32 Å². The number of rotatable bonds is 6. The lowest BCUT2D eigenvalue weighted by atomic mass is 10.1. The lowest BCUT2D eigenvalue weighted by Gasteiger charge is -2.30. The second-order valence-corrected chi connectivity index (χ2v) is 5.81. The van der Waals surface area contributed by atoms with Crippen molar-refractivity contribution in [2.45, 2.75) is 44.9 Å². The van der Waals surface area contributed by atoms with Crippen LogP contribution >= 0.6 is 0 Å². The van der Waals surface area contributed by atoms with E-state index in [1.165, 1.54) is 5.56 Å². The summed E-state index contributed by atoms with van der Waals surface area (Å²) in [4.78, 5) is 14.4. The molecule has 4 heteroatoms. The van der Waals surface area contributed by atoms with Gasteiger partial charge in [-0.2, -0.15) is 0 Å². The van der Waals surface area contributed by atoms with Gasteiger partial charge in [0.05, 0.1) is 12.1 Å². The van der Waals surface area contributed by atoms with E-state index in [0.717, 1.165) is 19.4 Å². The number of carbonyl (C=O) groups is 1. The molecule has 0 radical (unpaired) electrons. The van der Waals surface area contributed by atoms with Gasteiger partial charge in [-0.25, -0.2) is 0 Å². The topological polar surface area (TPSA) is 41.6 Å². The molecule has 21 heavy (non-hydrogen) atoms. The number of carbonyl (C=O) groups excluding carboxylic acids is 1. The number of nitrogens with zero attached hydrogens (tertiary/aromatic N) is 1. The fourth-order valence-electron chi connectivity index (χ4n) is 2.65. The van der Waals surface area contributed by atoms with Gasteiger partial charge < -0.3 is 10.1 Å². The predicted octanol–water partition coefficient (Wildman–Crippen LogP) is 2.36. The van der Waals surface area contributed by atoms with E-state index in [1.807, 2.05) is 32.2 Å². The molecule has 0 bridgehead atoms. The zero-order valence-electron chi connectivity index (χ0n) is 13.2. The molecule has 4 nitrogen and oxygen atoms in total. The fraction of sp³-hybridized carbons (Fsp3) is 0.588. The van der Waals surface area contributed by atoms with Gasteiger partial charge in [0, 0.05) is 19.2 Å². The lowest BCUT2D eigenvalue weighted by molar-refractivity contribution is -0.126. The van der Waals surface area contributed by atoms with E-state index in [2.05, 4.69) is 29.3 Å². The van der Waals surface area contributed by atoms with E-state index in [1.54, 1.807) is 0 Å². The Labute approximate surface area is 127 Å². The van der Waals surface area contributed by atoms with Crippen LogP contribution in [0.1, 0.15) is 38.3 Å². The molecule has 0 saturated carbocycles. The Balaban J connectivity index is 1.85. The molecule has 1 heterocycles. The largest absolute Gasteiger partial charge is 0.376 e. The van der Waals surface area contributed by atoms with Crippen LogP contribution in [0.2, 0.25) is 0 Å². The maximum atomic E-state index is 12.3. The third-order valence-electron chi connectivity index (χ3n) is 4.41. The van der Waals surface area contributed by atoms with E-state index in [9.17, 15) is 4.79 Å². The standard InChI is InChI=1S/C17H26N2O2/c1-13(15-8-5-4-6-9-15)19(3)14(2)17(20)18-12-16-10-7-11-21-16/h4-6,8-9,13-14,16H,7,10-12H2,1-3H3,(H,18,20). The van der Waals surface area contributed by atoms with Crippen LogP contribution in [0.15, 0.2) is 30.3 Å². The zero-order valence-corrected chi connectivity index (χ0v) is 13.2. The number of hydrogen-bond acceptors (Lipinski definition) is 3. The first-order valence-corrected chi connectivity index (χ1v) is 7.75. The van der Waals surface area contributed by atoms with E-state index >= 15 is 0 Å². The summed E-state index contributed by atoms with van der Waals surface area (Å²) in [5.41, 5.74) is 1.22. The molecular weight excluding hydrogens is 264 g/mol. The Kier molecular flexibility index (Phi) is 5.76. The first-order valence-electron chi connectivity index (χ1n) is 7.75. The van der Waals surface area contributed by atoms with Crippen LogP contribution in [-0.2, 0) is 9.53 Å². The van der Waals surface area contributed by atoms with Crippen molar-refractivity contribution in [3.8, 4) is 0 Å². The molecule has 1 N–H and O–H groups in total. The van der Waals surface area contributed by atoms with Gasteiger partial charge >= 0.3 is 0 Å². The smallest absolute Gasteiger partial charge is 0.237 e. The second-order valence-electron chi connectivity index (χ2n) is 5.81. The van der Waals surface area contributed by atoms with Crippen LogP contribution in [0.5, 0.6) is 0 Å². The molecule has 0 aromatic heterocycles. The van der Waals surface area contributed by atoms with Crippen molar-refractivity contribution in [1.29, 1.82) is 0 Å². The molecule has 1 saturated heterocycles. The van der Waals surface area contributed by atoms with Gasteiger partial charge in [0.15, 0.2) is 0 Å². The minimum Gasteiger partial charge on any atom is -0.376 e. The Morgan fingerprint density at radius 2 is 2.10 bits per heavy atom. The number of nitrogens with one attached hydrogen (secondary N) is 1. The van der Waals surface area contributed by atoms with Gasteiger partial charge in [-0.1, -0.05) is 30.3 Å². The van der Waals surface area contributed by atoms with Crippen LogP contribution in [0.25, 0.3) is 0 Å². The summed E-state index contributed by atoms with van der Waals surface area (Å²) in [6.45, 7) is 5.52. The van der Waals surface area contributed by atoms with Gasteiger partial charge in [-0.15, -0.1) is 0 Å². The molecular formula is C17H26N2O2. The van der Waals surface area contributed by atoms with Gasteiger partial charge in [0.25, 0.3) is 0 Å². The second kappa shape index (κ2) is 7.57. The molecule has 3 unspecified atom stereocenters. The van der Waals surface area contributed by atoms with E-state index in [0.29, 0.717) is 6.54 Å². The fourth-order valence-corrected chi connectivity index (χ4v) is 2.65. The van der Waals surface area contributed by atoms with Gasteiger partial charge in [0.1, 0.15) is 0 Å². The third kappa shape index (κ3) is 4.29. The number of likely N-dealkylation sites (N-methyl/N-ethyl adjacent to an activating group) is 1. The highest BCUT2D eigenvalue weighted by atomic mass is 16.5. The van der Waals surface area contributed by atoms with E-state index in [4.69, 9.17) is 4.74 Å². The summed E-state index contributed by atoms with van der Waals surface area (Å²) in [5, 5.41) is 3.01. The van der Waals surface area contributed by atoms with Crippen LogP contribution in [-0.4, -0.2) is 43.2 Å². The maximum Gasteiger partial charge on any atom is 0.237 e. The summed E-state index contributed by atoms with van der Waals surface area (Å²) in [6.07, 6.45) is 2.34. The SMILES string of the molecule is CC(C(=O)NCC1CCCO1)N(C)C(C)c1ccccc1. The van der Waals surface area contributed by atoms with Crippen molar-refractivity contribution in [2.24, 2.45) is 0 Å². The highest BCUT2D eigenvalue weighted by molar-refractivity contribution is 5.81. The van der Waals surface area contributed by atoms with Crippen LogP contribution in [0.4, 0.5) is 0 Å². The quantitative estimate of drug-likeness (QED) is 0.874. The summed E-state index contributed by atoms with van der Waals surface area (Å²) in [6, 6.07) is 10.3. The maximum absolute atomic E-state index is 12.3. The Morgan fingerprint density at radius 3 is 2.71 bits per heavy atom. The molecule has 1 aliphatic rings. The molecule has 116 valence electrons. The third-order valence-corrected chi connectivity index (χ3v) is 4.41. The van der Waals surface area contributed by atoms with Crippen LogP contribution in [0, 0.1) is 0 Å². The molecule has 1 aromatic carbocycles. The minimum atomic E-state index is -0.165. The van der Waals surface area contributed by atoms with Crippen molar-refractivity contribution >= 4 is 5.91 Å². The molecule has 0 aliphatic carbocycles. The Morgan fingerprint density at radius 1 is 1.38 bits per heavy atom. The zero-order chi connectivity index (χ0) is 15.2. The van der Waals surface area contributed by atoms with Gasteiger partial charge in [-0.05, 0) is 39.3 Å². The number of benzene rings is 1. The molecule has 1 aromatic rings. The first-order chi connectivity index (χ1) is 10.1. The van der Waals surface area contributed by atoms with Crippen molar-refractivity contribution in [3.63, 3.8) is 0 Å². The monoisotopic (exact) mass is 290 g/mol. The highest BCUT2D eigenvalue weighted by Gasteiger charge is 2.24. The van der Waals surface area contributed by atoms with Crippen LogP contribution in [0.3, 0.4) is 0 Å². The molecule has 1 amide bonds. The number of ether oxygens (including phenoxy) is 1. The average molecular weight is 290 g/mol. The van der Waals surface area contributed by atoms with Crippen molar-refractivity contribution in [2.75, 3.05) is 20.2 Å². The summed E-state index contributed by atoms with van der Waals surface area (Å²) < 4.78 is 5.53. The highest BCUT2D eigenvalue weighted by Crippen LogP contribution is 2.20. The minimum absolute atomic E-state index is 0.0655. The van der Waals surface area contributed by atoms with E-state index < -0.39 is 0 Å². The Bertz CT molecular complexity index is 443. The van der Waals surface area contributed by atoms with Gasteiger partial charge in [-0.3, -0.25) is 9.69 Å².